The average Bonchev–Trinajstić information content (AvgIpc) is 3.20. The third-order valence-corrected chi connectivity index (χ3v) is 5.77. The zero-order valence-electron chi connectivity index (χ0n) is 18.3. The Balaban J connectivity index is 1.34. The summed E-state index contributed by atoms with van der Waals surface area (Å²) < 4.78 is 5.87. The number of para-hydroxylation sites is 1. The minimum Gasteiger partial charge on any atom is -0.374 e. The molecule has 1 saturated heterocycles. The molecule has 4 rings (SSSR count). The molecule has 2 amide bonds. The fraction of sp³-hybridized carbons (Fsp3) is 0.360. The number of aromatic nitrogens is 1. The van der Waals surface area contributed by atoms with E-state index in [1.807, 2.05) is 48.7 Å². The molecule has 1 aromatic heterocycles. The van der Waals surface area contributed by atoms with Gasteiger partial charge in [0, 0.05) is 56.6 Å². The first-order chi connectivity index (χ1) is 15.6. The number of rotatable bonds is 8. The summed E-state index contributed by atoms with van der Waals surface area (Å²) in [6.45, 7) is 4.97. The molecular weight excluding hydrogens is 404 g/mol. The normalized spacial score (nSPS) is 17.7. The summed E-state index contributed by atoms with van der Waals surface area (Å²) in [5.41, 5.74) is 3.28. The molecular formula is C25H30N4O3. The third kappa shape index (κ3) is 5.75. The lowest BCUT2D eigenvalue weighted by molar-refractivity contribution is -0.128. The van der Waals surface area contributed by atoms with Gasteiger partial charge in [0.25, 0.3) is 0 Å². The Bertz CT molecular complexity index is 1050. The Morgan fingerprint density at radius 2 is 1.94 bits per heavy atom. The number of morpholine rings is 1. The molecule has 1 aliphatic rings. The number of carbonyl (C=O) groups is 2. The third-order valence-electron chi connectivity index (χ3n) is 5.77. The van der Waals surface area contributed by atoms with Crippen molar-refractivity contribution in [2.75, 3.05) is 26.2 Å². The van der Waals surface area contributed by atoms with Crippen molar-refractivity contribution in [2.24, 2.45) is 0 Å². The number of amides is 2. The second-order valence-electron chi connectivity index (χ2n) is 8.28. The summed E-state index contributed by atoms with van der Waals surface area (Å²) in [7, 11) is 0. The van der Waals surface area contributed by atoms with E-state index >= 15 is 0 Å². The molecule has 2 atom stereocenters. The fourth-order valence-electron chi connectivity index (χ4n) is 4.20. The van der Waals surface area contributed by atoms with Crippen LogP contribution in [-0.2, 0) is 27.3 Å². The molecule has 0 spiro atoms. The van der Waals surface area contributed by atoms with Gasteiger partial charge in [0.05, 0.1) is 12.7 Å². The van der Waals surface area contributed by atoms with E-state index in [2.05, 4.69) is 32.7 Å². The number of carbonyl (C=O) groups excluding carboxylic acids is 2. The Morgan fingerprint density at radius 3 is 2.75 bits per heavy atom. The number of H-pyrrole nitrogens is 1. The van der Waals surface area contributed by atoms with Crippen LogP contribution in [0.4, 0.5) is 0 Å². The van der Waals surface area contributed by atoms with E-state index in [-0.39, 0.29) is 17.9 Å². The molecule has 1 aliphatic heterocycles. The summed E-state index contributed by atoms with van der Waals surface area (Å²) in [5, 5.41) is 6.84. The number of benzene rings is 2. The predicted octanol–water partition coefficient (Wildman–Crippen LogP) is 2.23. The fourth-order valence-corrected chi connectivity index (χ4v) is 4.20. The number of hydrogen-bond acceptors (Lipinski definition) is 4. The average molecular weight is 435 g/mol. The Morgan fingerprint density at radius 1 is 1.16 bits per heavy atom. The van der Waals surface area contributed by atoms with Crippen molar-refractivity contribution < 1.29 is 14.3 Å². The first kappa shape index (κ1) is 22.0. The van der Waals surface area contributed by atoms with Gasteiger partial charge in [-0.1, -0.05) is 48.5 Å². The molecule has 3 N–H and O–H groups in total. The van der Waals surface area contributed by atoms with Gasteiger partial charge in [0.1, 0.15) is 6.04 Å². The molecule has 168 valence electrons. The zero-order chi connectivity index (χ0) is 22.3. The Kier molecular flexibility index (Phi) is 7.19. The van der Waals surface area contributed by atoms with Crippen molar-refractivity contribution in [1.82, 2.24) is 20.5 Å². The maximum atomic E-state index is 13.0. The zero-order valence-corrected chi connectivity index (χ0v) is 18.3. The van der Waals surface area contributed by atoms with Crippen LogP contribution in [0.3, 0.4) is 0 Å². The summed E-state index contributed by atoms with van der Waals surface area (Å²) in [6.07, 6.45) is 2.24. The van der Waals surface area contributed by atoms with E-state index < -0.39 is 6.04 Å². The molecule has 7 heteroatoms. The van der Waals surface area contributed by atoms with Crippen LogP contribution in [0.15, 0.2) is 60.8 Å². The van der Waals surface area contributed by atoms with Crippen LogP contribution in [0.25, 0.3) is 10.9 Å². The van der Waals surface area contributed by atoms with E-state index in [9.17, 15) is 9.59 Å². The van der Waals surface area contributed by atoms with Gasteiger partial charge in [-0.3, -0.25) is 14.5 Å². The molecule has 0 unspecified atom stereocenters. The van der Waals surface area contributed by atoms with Crippen molar-refractivity contribution in [1.29, 1.82) is 0 Å². The molecule has 2 aromatic carbocycles. The van der Waals surface area contributed by atoms with Crippen LogP contribution >= 0.6 is 0 Å². The van der Waals surface area contributed by atoms with Crippen LogP contribution < -0.4 is 10.6 Å². The summed E-state index contributed by atoms with van der Waals surface area (Å²) in [5.74, 6) is -0.429. The monoisotopic (exact) mass is 434 g/mol. The number of ether oxygens (including phenoxy) is 1. The minimum absolute atomic E-state index is 0.0810. The maximum absolute atomic E-state index is 13.0. The second kappa shape index (κ2) is 10.4. The SMILES string of the molecule is CC(=O)N[C@@H](Cc1c[nH]c2ccccc12)C(=O)NC[C@@H]1CN(Cc2ccccc2)CCO1. The highest BCUT2D eigenvalue weighted by atomic mass is 16.5. The van der Waals surface area contributed by atoms with E-state index in [1.165, 1.54) is 12.5 Å². The molecule has 2 heterocycles. The lowest BCUT2D eigenvalue weighted by atomic mass is 10.0. The lowest BCUT2D eigenvalue weighted by Crippen LogP contribution is -2.52. The predicted molar refractivity (Wildman–Crippen MR) is 124 cm³/mol. The molecule has 0 saturated carbocycles. The highest BCUT2D eigenvalue weighted by molar-refractivity contribution is 5.89. The summed E-state index contributed by atoms with van der Waals surface area (Å²) in [6, 6.07) is 17.6. The molecule has 1 fully saturated rings. The number of hydrogen-bond donors (Lipinski definition) is 3. The quantitative estimate of drug-likeness (QED) is 0.508. The van der Waals surface area contributed by atoms with Gasteiger partial charge in [-0.25, -0.2) is 0 Å². The highest BCUT2D eigenvalue weighted by Gasteiger charge is 2.25. The van der Waals surface area contributed by atoms with Crippen molar-refractivity contribution in [3.63, 3.8) is 0 Å². The molecule has 3 aromatic rings. The largest absolute Gasteiger partial charge is 0.374 e. The van der Waals surface area contributed by atoms with Gasteiger partial charge in [0.15, 0.2) is 0 Å². The van der Waals surface area contributed by atoms with Crippen molar-refractivity contribution in [2.45, 2.75) is 32.0 Å². The smallest absolute Gasteiger partial charge is 0.243 e. The van der Waals surface area contributed by atoms with Crippen LogP contribution in [0.1, 0.15) is 18.1 Å². The van der Waals surface area contributed by atoms with Crippen molar-refractivity contribution in [3.05, 3.63) is 71.9 Å². The summed E-state index contributed by atoms with van der Waals surface area (Å²) >= 11 is 0. The molecule has 0 aliphatic carbocycles. The van der Waals surface area contributed by atoms with Crippen LogP contribution in [0.2, 0.25) is 0 Å². The van der Waals surface area contributed by atoms with Gasteiger partial charge >= 0.3 is 0 Å². The van der Waals surface area contributed by atoms with Crippen LogP contribution in [-0.4, -0.2) is 60.1 Å². The van der Waals surface area contributed by atoms with Crippen LogP contribution in [0, 0.1) is 0 Å². The lowest BCUT2D eigenvalue weighted by Gasteiger charge is -2.33. The molecule has 0 radical (unpaired) electrons. The first-order valence-electron chi connectivity index (χ1n) is 11.1. The van der Waals surface area contributed by atoms with E-state index in [4.69, 9.17) is 4.74 Å². The standard InChI is InChI=1S/C25H30N4O3/c1-18(30)28-24(13-20-14-26-23-10-6-5-9-22(20)23)25(31)27-15-21-17-29(11-12-32-21)16-19-7-3-2-4-8-19/h2-10,14,21,24,26H,11-13,15-17H2,1H3,(H,27,31)(H,28,30)/t21-,24+/m1/s1. The van der Waals surface area contributed by atoms with Gasteiger partial charge in [-0.2, -0.15) is 0 Å². The highest BCUT2D eigenvalue weighted by Crippen LogP contribution is 2.19. The minimum atomic E-state index is -0.643. The van der Waals surface area contributed by atoms with Crippen molar-refractivity contribution >= 4 is 22.7 Å². The second-order valence-corrected chi connectivity index (χ2v) is 8.28. The number of nitrogens with zero attached hydrogens (tertiary/aromatic N) is 1. The molecule has 32 heavy (non-hydrogen) atoms. The van der Waals surface area contributed by atoms with Crippen LogP contribution in [0.5, 0.6) is 0 Å². The van der Waals surface area contributed by atoms with E-state index in [0.29, 0.717) is 19.6 Å². The van der Waals surface area contributed by atoms with Gasteiger partial charge in [-0.05, 0) is 17.2 Å². The van der Waals surface area contributed by atoms with Gasteiger partial charge in [0.2, 0.25) is 11.8 Å². The Hall–Kier alpha value is -3.16. The number of fused-ring (bicyclic) bond motifs is 1. The summed E-state index contributed by atoms with van der Waals surface area (Å²) in [4.78, 5) is 30.3. The number of nitrogens with one attached hydrogen (secondary N) is 3. The Labute approximate surface area is 188 Å². The van der Waals surface area contributed by atoms with E-state index in [0.717, 1.165) is 36.1 Å². The van der Waals surface area contributed by atoms with Gasteiger partial charge < -0.3 is 20.4 Å². The topological polar surface area (TPSA) is 86.5 Å². The molecule has 7 nitrogen and oxygen atoms in total. The molecule has 0 bridgehead atoms. The number of aromatic amines is 1. The first-order valence-corrected chi connectivity index (χ1v) is 11.1. The van der Waals surface area contributed by atoms with Crippen molar-refractivity contribution in [3.8, 4) is 0 Å². The maximum Gasteiger partial charge on any atom is 0.243 e. The van der Waals surface area contributed by atoms with E-state index in [1.54, 1.807) is 0 Å². The van der Waals surface area contributed by atoms with Gasteiger partial charge in [-0.15, -0.1) is 0 Å².